The lowest BCUT2D eigenvalue weighted by Crippen LogP contribution is -2.31. The van der Waals surface area contributed by atoms with Gasteiger partial charge in [0.15, 0.2) is 0 Å². The molecule has 0 bridgehead atoms. The van der Waals surface area contributed by atoms with E-state index >= 15 is 0 Å². The van der Waals surface area contributed by atoms with E-state index in [-0.39, 0.29) is 16.6 Å². The Kier molecular flexibility index (Phi) is 5.16. The predicted octanol–water partition coefficient (Wildman–Crippen LogP) is 2.61. The maximum Gasteiger partial charge on any atom is 0.341 e. The van der Waals surface area contributed by atoms with Crippen molar-refractivity contribution in [2.45, 2.75) is 42.4 Å². The lowest BCUT2D eigenvalue weighted by molar-refractivity contribution is 0.235. The Morgan fingerprint density at radius 1 is 1.29 bits per heavy atom. The number of hydrogen-bond acceptors (Lipinski definition) is 4. The van der Waals surface area contributed by atoms with Crippen molar-refractivity contribution in [2.75, 3.05) is 11.9 Å². The van der Waals surface area contributed by atoms with Gasteiger partial charge in [0.25, 0.3) is 0 Å². The smallest absolute Gasteiger partial charge is 0.341 e. The van der Waals surface area contributed by atoms with Gasteiger partial charge in [-0.1, -0.05) is 18.6 Å². The number of hydrogen-bond donors (Lipinski definition) is 2. The summed E-state index contributed by atoms with van der Waals surface area (Å²) in [6.45, 7) is 0.545. The van der Waals surface area contributed by atoms with Crippen LogP contribution in [0.25, 0.3) is 0 Å². The van der Waals surface area contributed by atoms with Gasteiger partial charge in [0, 0.05) is 12.6 Å². The molecule has 2 atom stereocenters. The summed E-state index contributed by atoms with van der Waals surface area (Å²) in [5.74, 6) is -3.07. The number of benzene rings is 1. The van der Waals surface area contributed by atoms with Crippen LogP contribution in [-0.4, -0.2) is 26.8 Å². The zero-order valence-corrected chi connectivity index (χ0v) is 12.5. The average Bonchev–Trinajstić information content (AvgIpc) is 2.45. The first-order valence-corrected chi connectivity index (χ1v) is 8.56. The molecule has 1 aromatic carbocycles. The lowest BCUT2D eigenvalue weighted by Gasteiger charge is -2.27. The van der Waals surface area contributed by atoms with Crippen LogP contribution >= 0.6 is 0 Å². The average molecular weight is 318 g/mol. The Morgan fingerprint density at radius 3 is 2.67 bits per heavy atom. The number of rotatable bonds is 5. The van der Waals surface area contributed by atoms with Crippen LogP contribution in [-0.2, 0) is 9.84 Å². The highest BCUT2D eigenvalue weighted by Gasteiger charge is 2.29. The summed E-state index contributed by atoms with van der Waals surface area (Å²) in [5, 5.41) is 3.00. The van der Waals surface area contributed by atoms with Crippen molar-refractivity contribution in [2.24, 2.45) is 11.7 Å². The molecule has 1 aliphatic rings. The van der Waals surface area contributed by atoms with Crippen LogP contribution in [0.1, 0.15) is 25.7 Å². The summed E-state index contributed by atoms with van der Waals surface area (Å²) in [6.07, 6.45) is 3.94. The highest BCUT2D eigenvalue weighted by atomic mass is 32.2. The van der Waals surface area contributed by atoms with Gasteiger partial charge in [-0.25, -0.2) is 8.42 Å². The summed E-state index contributed by atoms with van der Waals surface area (Å²) in [6, 6.07) is 5.95. The topological polar surface area (TPSA) is 72.2 Å². The molecule has 21 heavy (non-hydrogen) atoms. The van der Waals surface area contributed by atoms with Gasteiger partial charge in [-0.05, 0) is 37.3 Å². The molecule has 0 radical (unpaired) electrons. The third-order valence-electron chi connectivity index (χ3n) is 3.83. The number of alkyl halides is 2. The molecule has 1 aliphatic carbocycles. The maximum absolute atomic E-state index is 12.7. The minimum Gasteiger partial charge on any atom is -0.384 e. The number of para-hydroxylation sites is 1. The molecule has 0 amide bonds. The molecule has 2 unspecified atom stereocenters. The molecule has 0 aromatic heterocycles. The number of anilines is 1. The van der Waals surface area contributed by atoms with Crippen LogP contribution in [0, 0.1) is 5.92 Å². The van der Waals surface area contributed by atoms with Crippen LogP contribution in [0.4, 0.5) is 14.5 Å². The number of sulfone groups is 1. The Hall–Kier alpha value is -1.21. The first-order chi connectivity index (χ1) is 9.91. The second-order valence-corrected chi connectivity index (χ2v) is 7.36. The quantitative estimate of drug-likeness (QED) is 0.875. The summed E-state index contributed by atoms with van der Waals surface area (Å²) in [5.41, 5.74) is 6.14. The van der Waals surface area contributed by atoms with Crippen molar-refractivity contribution < 1.29 is 17.2 Å². The molecule has 2 rings (SSSR count). The van der Waals surface area contributed by atoms with Crippen molar-refractivity contribution in [1.29, 1.82) is 0 Å². The molecular formula is C14H20F2N2O2S. The van der Waals surface area contributed by atoms with Gasteiger partial charge in [-0.15, -0.1) is 0 Å². The largest absolute Gasteiger partial charge is 0.384 e. The highest BCUT2D eigenvalue weighted by Crippen LogP contribution is 2.28. The summed E-state index contributed by atoms with van der Waals surface area (Å²) >= 11 is 0. The van der Waals surface area contributed by atoms with Crippen molar-refractivity contribution in [3.05, 3.63) is 24.3 Å². The van der Waals surface area contributed by atoms with Crippen LogP contribution in [0.3, 0.4) is 0 Å². The highest BCUT2D eigenvalue weighted by molar-refractivity contribution is 7.91. The molecule has 1 saturated carbocycles. The van der Waals surface area contributed by atoms with Crippen LogP contribution < -0.4 is 11.1 Å². The van der Waals surface area contributed by atoms with Gasteiger partial charge >= 0.3 is 5.76 Å². The third-order valence-corrected chi connectivity index (χ3v) is 5.27. The molecule has 1 aromatic rings. The van der Waals surface area contributed by atoms with E-state index in [1.165, 1.54) is 18.2 Å². The van der Waals surface area contributed by atoms with E-state index < -0.39 is 15.6 Å². The Bertz CT molecular complexity index is 578. The molecule has 7 heteroatoms. The molecule has 1 fully saturated rings. The van der Waals surface area contributed by atoms with E-state index in [0.29, 0.717) is 12.5 Å². The van der Waals surface area contributed by atoms with E-state index in [9.17, 15) is 17.2 Å². The molecule has 3 N–H and O–H groups in total. The second kappa shape index (κ2) is 6.70. The number of halogens is 2. The van der Waals surface area contributed by atoms with Crippen molar-refractivity contribution >= 4 is 15.5 Å². The summed E-state index contributed by atoms with van der Waals surface area (Å²) < 4.78 is 48.7. The fraction of sp³-hybridized carbons (Fsp3) is 0.571. The Balaban J connectivity index is 2.10. The molecule has 0 saturated heterocycles. The van der Waals surface area contributed by atoms with E-state index in [0.717, 1.165) is 25.7 Å². The van der Waals surface area contributed by atoms with E-state index in [2.05, 4.69) is 5.32 Å². The van der Waals surface area contributed by atoms with Gasteiger partial charge < -0.3 is 11.1 Å². The number of nitrogens with two attached hydrogens (primary N) is 1. The summed E-state index contributed by atoms with van der Waals surface area (Å²) in [7, 11) is -4.59. The standard InChI is InChI=1S/C14H20F2N2O2S/c15-14(16)21(19,20)13-7-2-1-6-12(13)18-9-10-4-3-5-11(17)8-10/h1-2,6-7,10-11,14,18H,3-5,8-9,17H2. The molecule has 118 valence electrons. The van der Waals surface area contributed by atoms with Crippen molar-refractivity contribution in [3.63, 3.8) is 0 Å². The fourth-order valence-corrected chi connectivity index (χ4v) is 3.64. The van der Waals surface area contributed by atoms with Crippen LogP contribution in [0.2, 0.25) is 0 Å². The van der Waals surface area contributed by atoms with E-state index in [1.54, 1.807) is 6.07 Å². The van der Waals surface area contributed by atoms with Gasteiger partial charge in [-0.2, -0.15) is 8.78 Å². The third kappa shape index (κ3) is 3.91. The van der Waals surface area contributed by atoms with Crippen molar-refractivity contribution in [1.82, 2.24) is 0 Å². The zero-order valence-electron chi connectivity index (χ0n) is 11.6. The van der Waals surface area contributed by atoms with Gasteiger partial charge in [-0.3, -0.25) is 0 Å². The van der Waals surface area contributed by atoms with Gasteiger partial charge in [0.05, 0.1) is 10.6 Å². The molecular weight excluding hydrogens is 298 g/mol. The van der Waals surface area contributed by atoms with Crippen molar-refractivity contribution in [3.8, 4) is 0 Å². The lowest BCUT2D eigenvalue weighted by atomic mass is 9.86. The van der Waals surface area contributed by atoms with Crippen LogP contribution in [0.5, 0.6) is 0 Å². The van der Waals surface area contributed by atoms with E-state index in [4.69, 9.17) is 5.73 Å². The zero-order chi connectivity index (χ0) is 15.5. The molecule has 0 heterocycles. The fourth-order valence-electron chi connectivity index (χ4n) is 2.73. The second-order valence-electron chi connectivity index (χ2n) is 5.48. The predicted molar refractivity (Wildman–Crippen MR) is 78.1 cm³/mol. The minimum atomic E-state index is -4.59. The SMILES string of the molecule is NC1CCCC(CNc2ccccc2S(=O)(=O)C(F)F)C1. The minimum absolute atomic E-state index is 0.172. The monoisotopic (exact) mass is 318 g/mol. The first-order valence-electron chi connectivity index (χ1n) is 7.02. The molecule has 0 spiro atoms. The summed E-state index contributed by atoms with van der Waals surface area (Å²) in [4.78, 5) is -0.347. The Labute approximate surface area is 123 Å². The van der Waals surface area contributed by atoms with Crippen LogP contribution in [0.15, 0.2) is 29.2 Å². The first kappa shape index (κ1) is 16.2. The number of nitrogens with one attached hydrogen (secondary N) is 1. The van der Waals surface area contributed by atoms with E-state index in [1.807, 2.05) is 0 Å². The van der Waals surface area contributed by atoms with Gasteiger partial charge in [0.1, 0.15) is 0 Å². The normalized spacial score (nSPS) is 23.2. The van der Waals surface area contributed by atoms with Gasteiger partial charge in [0.2, 0.25) is 9.84 Å². The Morgan fingerprint density at radius 2 is 2.00 bits per heavy atom. The maximum atomic E-state index is 12.7. The molecule has 4 nitrogen and oxygen atoms in total. The molecule has 0 aliphatic heterocycles.